The van der Waals surface area contributed by atoms with Crippen LogP contribution in [0.3, 0.4) is 0 Å². The van der Waals surface area contributed by atoms with Gasteiger partial charge in [-0.1, -0.05) is 48.5 Å². The minimum absolute atomic E-state index is 0.123. The molecule has 0 unspecified atom stereocenters. The zero-order valence-corrected chi connectivity index (χ0v) is 34.7. The lowest BCUT2D eigenvalue weighted by atomic mass is 9.98. The summed E-state index contributed by atoms with van der Waals surface area (Å²) in [7, 11) is 0. The number of para-hydroxylation sites is 2. The maximum Gasteiger partial charge on any atom is 0.422 e. The standard InChI is InChI=1S/C52H23F13N2O2/c1-22-42(55)46(59)50(47(60)43(22)56)66(25-12-14-37-31(18-25)29-6-2-4-8-35(29)68-37)27-16-23-10-11-24-17-28(21-34(54)40(24)39(23)33(53)20-27)67(51-48(61)44(57)41(52(63,64)65)45(58)49(51)62)26-13-15-38-32(19-26)30-7-3-5-9-36(30)69-38/h2-21H,1H3. The molecule has 2 aromatic heterocycles. The van der Waals surface area contributed by atoms with Crippen molar-refractivity contribution in [3.8, 4) is 0 Å². The van der Waals surface area contributed by atoms with Crippen LogP contribution in [0.25, 0.3) is 65.4 Å². The molecule has 69 heavy (non-hydrogen) atoms. The Morgan fingerprint density at radius 2 is 0.754 bits per heavy atom. The van der Waals surface area contributed by atoms with Crippen molar-refractivity contribution >= 4 is 99.5 Å². The Kier molecular flexibility index (Phi) is 9.69. The predicted octanol–water partition coefficient (Wildman–Crippen LogP) is 17.4. The number of anilines is 6. The van der Waals surface area contributed by atoms with Crippen LogP contribution in [-0.2, 0) is 6.18 Å². The molecule has 0 aliphatic rings. The average Bonchev–Trinajstić information content (AvgIpc) is 3.89. The first-order chi connectivity index (χ1) is 32.9. The first-order valence-corrected chi connectivity index (χ1v) is 20.5. The van der Waals surface area contributed by atoms with E-state index in [1.54, 1.807) is 48.5 Å². The Hall–Kier alpha value is -8.21. The molecule has 0 saturated carbocycles. The lowest BCUT2D eigenvalue weighted by Crippen LogP contribution is -2.21. The fourth-order valence-corrected chi connectivity index (χ4v) is 8.97. The normalized spacial score (nSPS) is 12.2. The number of benzene rings is 9. The average molecular weight is 955 g/mol. The Morgan fingerprint density at radius 1 is 0.377 bits per heavy atom. The molecule has 17 heteroatoms. The van der Waals surface area contributed by atoms with Gasteiger partial charge in [0.1, 0.15) is 50.9 Å². The van der Waals surface area contributed by atoms with Crippen molar-refractivity contribution in [1.29, 1.82) is 0 Å². The van der Waals surface area contributed by atoms with Gasteiger partial charge < -0.3 is 18.6 Å². The molecule has 0 N–H and O–H groups in total. The van der Waals surface area contributed by atoms with Crippen LogP contribution >= 0.6 is 0 Å². The van der Waals surface area contributed by atoms with E-state index in [1.807, 2.05) is 0 Å². The summed E-state index contributed by atoms with van der Waals surface area (Å²) in [4.78, 5) is 1.18. The van der Waals surface area contributed by atoms with Gasteiger partial charge in [0.25, 0.3) is 0 Å². The van der Waals surface area contributed by atoms with E-state index in [1.165, 1.54) is 42.5 Å². The lowest BCUT2D eigenvalue weighted by Gasteiger charge is -2.28. The molecule has 9 aromatic carbocycles. The van der Waals surface area contributed by atoms with Gasteiger partial charge in [0.15, 0.2) is 46.5 Å². The molecule has 11 rings (SSSR count). The molecule has 0 bridgehead atoms. The van der Waals surface area contributed by atoms with E-state index in [2.05, 4.69) is 0 Å². The summed E-state index contributed by atoms with van der Waals surface area (Å²) >= 11 is 0. The van der Waals surface area contributed by atoms with Gasteiger partial charge in [-0.3, -0.25) is 0 Å². The molecule has 2 heterocycles. The van der Waals surface area contributed by atoms with Gasteiger partial charge in [0.2, 0.25) is 0 Å². The largest absolute Gasteiger partial charge is 0.456 e. The number of rotatable bonds is 6. The summed E-state index contributed by atoms with van der Waals surface area (Å²) in [6.07, 6.45) is -5.89. The SMILES string of the molecule is Cc1c(F)c(F)c(N(c2cc(F)c3c(ccc4cc(N(c5ccc6oc7ccccc7c6c5)c5c(F)c(F)c(C(F)(F)F)c(F)c5F)cc(F)c43)c2)c2ccc3oc4ccccc4c3c2)c(F)c1F. The predicted molar refractivity (Wildman–Crippen MR) is 235 cm³/mol. The number of hydrogen-bond acceptors (Lipinski definition) is 4. The molecule has 4 nitrogen and oxygen atoms in total. The van der Waals surface area contributed by atoms with Crippen molar-refractivity contribution in [1.82, 2.24) is 0 Å². The maximum absolute atomic E-state index is 16.9. The van der Waals surface area contributed by atoms with Gasteiger partial charge in [0, 0.05) is 60.6 Å². The zero-order valence-electron chi connectivity index (χ0n) is 34.7. The van der Waals surface area contributed by atoms with Crippen molar-refractivity contribution in [3.63, 3.8) is 0 Å². The second-order valence-electron chi connectivity index (χ2n) is 16.1. The lowest BCUT2D eigenvalue weighted by molar-refractivity contribution is -0.143. The van der Waals surface area contributed by atoms with Crippen LogP contribution in [0.2, 0.25) is 0 Å². The summed E-state index contributed by atoms with van der Waals surface area (Å²) in [6.45, 7) is 0.821. The van der Waals surface area contributed by atoms with E-state index >= 15 is 43.9 Å². The second kappa shape index (κ2) is 15.4. The van der Waals surface area contributed by atoms with Crippen LogP contribution in [-0.4, -0.2) is 0 Å². The van der Waals surface area contributed by atoms with Crippen molar-refractivity contribution in [2.75, 3.05) is 9.80 Å². The molecule has 0 aliphatic heterocycles. The molecule has 11 aromatic rings. The first-order valence-electron chi connectivity index (χ1n) is 20.5. The second-order valence-corrected chi connectivity index (χ2v) is 16.1. The number of fused-ring (bicyclic) bond motifs is 9. The highest BCUT2D eigenvalue weighted by Crippen LogP contribution is 2.49. The van der Waals surface area contributed by atoms with E-state index in [-0.39, 0.29) is 33.1 Å². The molecule has 344 valence electrons. The molecule has 0 radical (unpaired) electrons. The van der Waals surface area contributed by atoms with Gasteiger partial charge in [-0.2, -0.15) is 13.2 Å². The number of alkyl halides is 3. The highest BCUT2D eigenvalue weighted by Gasteiger charge is 2.44. The quantitative estimate of drug-likeness (QED) is 0.0944. The molecular formula is C52H23F13N2O2. The molecule has 0 fully saturated rings. The monoisotopic (exact) mass is 954 g/mol. The summed E-state index contributed by atoms with van der Waals surface area (Å²) in [5.74, 6) is -20.3. The van der Waals surface area contributed by atoms with Gasteiger partial charge in [-0.15, -0.1) is 0 Å². The first kappa shape index (κ1) is 43.4. The minimum atomic E-state index is -5.89. The van der Waals surface area contributed by atoms with Crippen LogP contribution in [0.5, 0.6) is 0 Å². The van der Waals surface area contributed by atoms with Crippen LogP contribution in [0.15, 0.2) is 130 Å². The number of hydrogen-bond donors (Lipinski definition) is 0. The van der Waals surface area contributed by atoms with E-state index in [0.29, 0.717) is 43.9 Å². The van der Waals surface area contributed by atoms with Gasteiger partial charge in [-0.05, 0) is 90.5 Å². The molecule has 0 atom stereocenters. The third-order valence-electron chi connectivity index (χ3n) is 12.1. The Balaban J connectivity index is 1.13. The molecule has 0 spiro atoms. The van der Waals surface area contributed by atoms with E-state index < -0.39 is 109 Å². The summed E-state index contributed by atoms with van der Waals surface area (Å²) in [5.41, 5.74) is -6.95. The summed E-state index contributed by atoms with van der Waals surface area (Å²) in [6, 6.07) is 26.9. The zero-order chi connectivity index (χ0) is 48.5. The fraction of sp³-hybridized carbons (Fsp3) is 0.0385. The highest BCUT2D eigenvalue weighted by molar-refractivity contribution is 6.12. The number of furan rings is 2. The van der Waals surface area contributed by atoms with Crippen LogP contribution in [0.4, 0.5) is 91.2 Å². The van der Waals surface area contributed by atoms with Crippen LogP contribution in [0, 0.1) is 65.1 Å². The number of halogens is 13. The maximum atomic E-state index is 16.9. The van der Waals surface area contributed by atoms with Crippen molar-refractivity contribution in [3.05, 3.63) is 191 Å². The van der Waals surface area contributed by atoms with Crippen molar-refractivity contribution in [2.24, 2.45) is 0 Å². The van der Waals surface area contributed by atoms with Crippen LogP contribution in [0.1, 0.15) is 11.1 Å². The molecule has 0 amide bonds. The number of nitrogens with zero attached hydrogens (tertiary/aromatic N) is 2. The smallest absolute Gasteiger partial charge is 0.422 e. The minimum Gasteiger partial charge on any atom is -0.456 e. The van der Waals surface area contributed by atoms with Crippen molar-refractivity contribution in [2.45, 2.75) is 13.1 Å². The fourth-order valence-electron chi connectivity index (χ4n) is 8.97. The van der Waals surface area contributed by atoms with Crippen molar-refractivity contribution < 1.29 is 65.9 Å². The third kappa shape index (κ3) is 6.54. The molecule has 0 aliphatic carbocycles. The van der Waals surface area contributed by atoms with E-state index in [4.69, 9.17) is 8.83 Å². The Labute approximate surface area is 378 Å². The summed E-state index contributed by atoms with van der Waals surface area (Å²) < 4.78 is 212. The summed E-state index contributed by atoms with van der Waals surface area (Å²) in [5, 5.41) is 0.294. The van der Waals surface area contributed by atoms with E-state index in [0.717, 1.165) is 36.1 Å². The highest BCUT2D eigenvalue weighted by atomic mass is 19.4. The molecule has 0 saturated heterocycles. The van der Waals surface area contributed by atoms with Crippen LogP contribution < -0.4 is 9.80 Å². The van der Waals surface area contributed by atoms with Gasteiger partial charge in [0.05, 0.1) is 0 Å². The van der Waals surface area contributed by atoms with Gasteiger partial charge >= 0.3 is 6.18 Å². The molecular weight excluding hydrogens is 932 g/mol. The van der Waals surface area contributed by atoms with Gasteiger partial charge in [-0.25, -0.2) is 43.9 Å². The van der Waals surface area contributed by atoms with E-state index in [9.17, 15) is 13.2 Å². The topological polar surface area (TPSA) is 32.8 Å². The third-order valence-corrected chi connectivity index (χ3v) is 12.1. The Morgan fingerprint density at radius 3 is 1.16 bits per heavy atom. The Bertz CT molecular complexity index is 3950.